The zero-order chi connectivity index (χ0) is 19.3. The Morgan fingerprint density at radius 1 is 1.00 bits per heavy atom. The largest absolute Gasteiger partial charge is 0.456 e. The fourth-order valence-electron chi connectivity index (χ4n) is 4.06. The molecule has 1 fully saturated rings. The summed E-state index contributed by atoms with van der Waals surface area (Å²) in [5.74, 6) is 0.644. The minimum absolute atomic E-state index is 0.302. The molecule has 5 rings (SSSR count). The molecule has 1 aromatic carbocycles. The highest BCUT2D eigenvalue weighted by atomic mass is 19.1. The molecule has 1 aliphatic rings. The van der Waals surface area contributed by atoms with Crippen molar-refractivity contribution in [2.24, 2.45) is 0 Å². The Labute approximate surface area is 162 Å². The van der Waals surface area contributed by atoms with Gasteiger partial charge in [0.05, 0.1) is 11.2 Å². The number of furan rings is 1. The third-order valence-electron chi connectivity index (χ3n) is 5.55. The quantitative estimate of drug-likeness (QED) is 0.551. The van der Waals surface area contributed by atoms with E-state index in [1.807, 2.05) is 38.1 Å². The Hall–Kier alpha value is -2.86. The predicted molar refractivity (Wildman–Crippen MR) is 107 cm³/mol. The molecule has 5 nitrogen and oxygen atoms in total. The van der Waals surface area contributed by atoms with Gasteiger partial charge in [-0.05, 0) is 64.0 Å². The first-order valence-electron chi connectivity index (χ1n) is 9.64. The molecule has 0 amide bonds. The van der Waals surface area contributed by atoms with Crippen molar-refractivity contribution < 1.29 is 8.81 Å². The van der Waals surface area contributed by atoms with Gasteiger partial charge < -0.3 is 9.73 Å². The van der Waals surface area contributed by atoms with Crippen LogP contribution in [0.15, 0.2) is 34.7 Å². The Morgan fingerprint density at radius 3 is 2.64 bits per heavy atom. The minimum atomic E-state index is -0.302. The molecule has 1 N–H and O–H groups in total. The van der Waals surface area contributed by atoms with E-state index in [9.17, 15) is 4.39 Å². The van der Waals surface area contributed by atoms with Crippen molar-refractivity contribution in [3.63, 3.8) is 0 Å². The fraction of sp³-hybridized carbons (Fsp3) is 0.318. The van der Waals surface area contributed by atoms with Gasteiger partial charge in [0.25, 0.3) is 0 Å². The molecule has 4 heterocycles. The molecule has 0 unspecified atom stereocenters. The van der Waals surface area contributed by atoms with E-state index in [0.717, 1.165) is 54.0 Å². The third kappa shape index (κ3) is 2.94. The monoisotopic (exact) mass is 376 g/mol. The Morgan fingerprint density at radius 2 is 1.82 bits per heavy atom. The first kappa shape index (κ1) is 17.3. The molecule has 0 aliphatic carbocycles. The van der Waals surface area contributed by atoms with Crippen LogP contribution < -0.4 is 5.32 Å². The molecule has 3 aromatic heterocycles. The molecular formula is C22H21FN4O. The molecule has 6 heteroatoms. The molecule has 0 spiro atoms. The van der Waals surface area contributed by atoms with Crippen molar-refractivity contribution in [1.29, 1.82) is 0 Å². The van der Waals surface area contributed by atoms with E-state index in [2.05, 4.69) is 20.5 Å². The Balaban J connectivity index is 1.58. The van der Waals surface area contributed by atoms with Crippen LogP contribution in [0.25, 0.3) is 33.2 Å². The summed E-state index contributed by atoms with van der Waals surface area (Å²) in [6, 6.07) is 9.02. The summed E-state index contributed by atoms with van der Waals surface area (Å²) in [7, 11) is 0. The summed E-state index contributed by atoms with van der Waals surface area (Å²) < 4.78 is 20.9. The van der Waals surface area contributed by atoms with Gasteiger partial charge in [-0.3, -0.25) is 4.98 Å². The summed E-state index contributed by atoms with van der Waals surface area (Å²) >= 11 is 0. The fourth-order valence-corrected chi connectivity index (χ4v) is 4.06. The number of hydrogen-bond acceptors (Lipinski definition) is 5. The van der Waals surface area contributed by atoms with Crippen LogP contribution in [0.4, 0.5) is 4.39 Å². The highest BCUT2D eigenvalue weighted by molar-refractivity contribution is 5.88. The first-order chi connectivity index (χ1) is 13.6. The first-order valence-corrected chi connectivity index (χ1v) is 9.64. The molecule has 1 saturated heterocycles. The molecule has 4 aromatic rings. The third-order valence-corrected chi connectivity index (χ3v) is 5.55. The number of aromatic nitrogens is 3. The maximum Gasteiger partial charge on any atom is 0.138 e. The highest BCUT2D eigenvalue weighted by Crippen LogP contribution is 2.33. The molecule has 28 heavy (non-hydrogen) atoms. The van der Waals surface area contributed by atoms with E-state index in [1.54, 1.807) is 0 Å². The van der Waals surface area contributed by atoms with E-state index < -0.39 is 0 Å². The second kappa shape index (κ2) is 6.63. The second-order valence-electron chi connectivity index (χ2n) is 7.56. The molecule has 1 aliphatic heterocycles. The van der Waals surface area contributed by atoms with Gasteiger partial charge in [-0.2, -0.15) is 10.2 Å². The van der Waals surface area contributed by atoms with Crippen LogP contribution in [-0.2, 0) is 0 Å². The number of aryl methyl sites for hydroxylation is 2. The van der Waals surface area contributed by atoms with Crippen LogP contribution in [0.2, 0.25) is 0 Å². The number of halogens is 1. The molecule has 0 atom stereocenters. The summed E-state index contributed by atoms with van der Waals surface area (Å²) in [6.45, 7) is 5.81. The van der Waals surface area contributed by atoms with Crippen molar-refractivity contribution in [1.82, 2.24) is 20.5 Å². The SMILES string of the molecule is Cc1cc2oc(-c3cc(F)c4cc(C5CCNCC5)nnc4c3)cc2c(C)n1. The van der Waals surface area contributed by atoms with E-state index in [-0.39, 0.29) is 5.82 Å². The summed E-state index contributed by atoms with van der Waals surface area (Å²) in [6.07, 6.45) is 2.01. The number of piperidine rings is 1. The van der Waals surface area contributed by atoms with Gasteiger partial charge in [0.15, 0.2) is 0 Å². The Bertz CT molecular complexity index is 1190. The zero-order valence-corrected chi connectivity index (χ0v) is 15.9. The predicted octanol–water partition coefficient (Wildman–Crippen LogP) is 4.66. The van der Waals surface area contributed by atoms with Crippen LogP contribution in [0.1, 0.15) is 35.8 Å². The number of fused-ring (bicyclic) bond motifs is 2. The number of rotatable bonds is 2. The summed E-state index contributed by atoms with van der Waals surface area (Å²) in [4.78, 5) is 4.47. The normalized spacial score (nSPS) is 15.5. The maximum absolute atomic E-state index is 14.9. The van der Waals surface area contributed by atoms with Crippen LogP contribution in [0, 0.1) is 19.7 Å². The molecule has 0 bridgehead atoms. The van der Waals surface area contributed by atoms with E-state index in [4.69, 9.17) is 4.42 Å². The Kier molecular flexibility index (Phi) is 4.09. The molecule has 142 valence electrons. The van der Waals surface area contributed by atoms with Crippen molar-refractivity contribution in [3.8, 4) is 11.3 Å². The number of hydrogen-bond donors (Lipinski definition) is 1. The number of nitrogens with zero attached hydrogens (tertiary/aromatic N) is 3. The van der Waals surface area contributed by atoms with E-state index in [0.29, 0.717) is 28.1 Å². The van der Waals surface area contributed by atoms with Crippen LogP contribution >= 0.6 is 0 Å². The average molecular weight is 376 g/mol. The van der Waals surface area contributed by atoms with Gasteiger partial charge in [-0.1, -0.05) is 0 Å². The van der Waals surface area contributed by atoms with Crippen molar-refractivity contribution in [3.05, 3.63) is 53.2 Å². The van der Waals surface area contributed by atoms with Crippen molar-refractivity contribution >= 4 is 21.9 Å². The van der Waals surface area contributed by atoms with Gasteiger partial charge in [0.2, 0.25) is 0 Å². The van der Waals surface area contributed by atoms with Crippen molar-refractivity contribution in [2.45, 2.75) is 32.6 Å². The highest BCUT2D eigenvalue weighted by Gasteiger charge is 2.19. The van der Waals surface area contributed by atoms with Crippen LogP contribution in [0.3, 0.4) is 0 Å². The molecule has 0 saturated carbocycles. The lowest BCUT2D eigenvalue weighted by atomic mass is 9.93. The summed E-state index contributed by atoms with van der Waals surface area (Å²) in [5.41, 5.74) is 4.63. The van der Waals surface area contributed by atoms with Gasteiger partial charge in [-0.15, -0.1) is 0 Å². The van der Waals surface area contributed by atoms with Gasteiger partial charge in [-0.25, -0.2) is 4.39 Å². The number of benzene rings is 1. The van der Waals surface area contributed by atoms with Crippen LogP contribution in [-0.4, -0.2) is 28.3 Å². The smallest absolute Gasteiger partial charge is 0.138 e. The van der Waals surface area contributed by atoms with Gasteiger partial charge in [0, 0.05) is 39.7 Å². The van der Waals surface area contributed by atoms with E-state index >= 15 is 0 Å². The second-order valence-corrected chi connectivity index (χ2v) is 7.56. The van der Waals surface area contributed by atoms with Gasteiger partial charge in [0.1, 0.15) is 17.2 Å². The molecule has 0 radical (unpaired) electrons. The lowest BCUT2D eigenvalue weighted by molar-refractivity contribution is 0.451. The van der Waals surface area contributed by atoms with E-state index in [1.165, 1.54) is 6.07 Å². The number of pyridine rings is 1. The topological polar surface area (TPSA) is 63.8 Å². The summed E-state index contributed by atoms with van der Waals surface area (Å²) in [5, 5.41) is 13.5. The van der Waals surface area contributed by atoms with Crippen LogP contribution in [0.5, 0.6) is 0 Å². The lowest BCUT2D eigenvalue weighted by Crippen LogP contribution is -2.27. The lowest BCUT2D eigenvalue weighted by Gasteiger charge is -2.21. The zero-order valence-electron chi connectivity index (χ0n) is 15.9. The van der Waals surface area contributed by atoms with Gasteiger partial charge >= 0.3 is 0 Å². The minimum Gasteiger partial charge on any atom is -0.456 e. The molecular weight excluding hydrogens is 355 g/mol. The standard InChI is InChI=1S/C22H21FN4O/c1-12-7-22-16(13(2)25-12)11-21(28-22)15-8-18(23)17-10-19(26-27-20(17)9-15)14-3-5-24-6-4-14/h7-11,14,24H,3-6H2,1-2H3. The average Bonchev–Trinajstić information content (AvgIpc) is 3.13. The number of nitrogens with one attached hydrogen (secondary N) is 1. The van der Waals surface area contributed by atoms with Crippen molar-refractivity contribution in [2.75, 3.05) is 13.1 Å². The maximum atomic E-state index is 14.9.